The molecule has 3 N–H and O–H groups in total. The molecule has 0 unspecified atom stereocenters. The van der Waals surface area contributed by atoms with Gasteiger partial charge in [0.1, 0.15) is 0 Å². The average Bonchev–Trinajstić information content (AvgIpc) is 2.67. The third-order valence-corrected chi connectivity index (χ3v) is 3.96. The summed E-state index contributed by atoms with van der Waals surface area (Å²) in [7, 11) is 0. The van der Waals surface area contributed by atoms with Gasteiger partial charge in [-0.1, -0.05) is 24.3 Å². The van der Waals surface area contributed by atoms with E-state index < -0.39 is 0 Å². The van der Waals surface area contributed by atoms with E-state index in [1.807, 2.05) is 49.4 Å². The first-order valence-electron chi connectivity index (χ1n) is 8.12. The van der Waals surface area contributed by atoms with E-state index in [2.05, 4.69) is 15.3 Å². The van der Waals surface area contributed by atoms with Gasteiger partial charge in [0, 0.05) is 36.7 Å². The fourth-order valence-corrected chi connectivity index (χ4v) is 2.45. The third-order valence-electron chi connectivity index (χ3n) is 3.96. The van der Waals surface area contributed by atoms with Crippen molar-refractivity contribution in [3.63, 3.8) is 0 Å². The van der Waals surface area contributed by atoms with Crippen LogP contribution in [-0.4, -0.2) is 15.9 Å². The number of hydrogen-bond acceptors (Lipinski definition) is 4. The molecule has 0 fully saturated rings. The van der Waals surface area contributed by atoms with Crippen LogP contribution < -0.4 is 11.1 Å². The summed E-state index contributed by atoms with van der Waals surface area (Å²) in [4.78, 5) is 20.6. The molecule has 2 heterocycles. The Morgan fingerprint density at radius 2 is 1.80 bits per heavy atom. The number of pyridine rings is 2. The van der Waals surface area contributed by atoms with Crippen molar-refractivity contribution >= 4 is 5.91 Å². The molecule has 0 aliphatic carbocycles. The molecule has 0 spiro atoms. The fraction of sp³-hybridized carbons (Fsp3) is 0.150. The molecule has 126 valence electrons. The molecule has 1 atom stereocenters. The Bertz CT molecular complexity index is 828. The number of nitrogens with one attached hydrogen (secondary N) is 1. The topological polar surface area (TPSA) is 80.9 Å². The second kappa shape index (κ2) is 7.68. The van der Waals surface area contributed by atoms with Crippen molar-refractivity contribution in [1.29, 1.82) is 0 Å². The predicted octanol–water partition coefficient (Wildman–Crippen LogP) is 3.09. The van der Waals surface area contributed by atoms with E-state index in [0.717, 1.165) is 22.4 Å². The molecule has 0 bridgehead atoms. The normalized spacial score (nSPS) is 11.8. The van der Waals surface area contributed by atoms with Gasteiger partial charge in [-0.15, -0.1) is 0 Å². The lowest BCUT2D eigenvalue weighted by Gasteiger charge is -2.08. The zero-order chi connectivity index (χ0) is 17.6. The van der Waals surface area contributed by atoms with E-state index in [9.17, 15) is 4.79 Å². The Labute approximate surface area is 146 Å². The highest BCUT2D eigenvalue weighted by molar-refractivity contribution is 5.94. The number of nitrogens with two attached hydrogens (primary N) is 1. The lowest BCUT2D eigenvalue weighted by atomic mass is 10.1. The van der Waals surface area contributed by atoms with Gasteiger partial charge in [0.2, 0.25) is 0 Å². The Balaban J connectivity index is 1.61. The van der Waals surface area contributed by atoms with E-state index in [-0.39, 0.29) is 11.9 Å². The molecule has 0 aliphatic rings. The number of rotatable bonds is 5. The molecule has 3 aromatic rings. The molecular formula is C20H20N4O. The highest BCUT2D eigenvalue weighted by Crippen LogP contribution is 2.15. The zero-order valence-electron chi connectivity index (χ0n) is 14.0. The molecule has 3 rings (SSSR count). The molecular weight excluding hydrogens is 312 g/mol. The van der Waals surface area contributed by atoms with Crippen LogP contribution in [0.1, 0.15) is 34.5 Å². The summed E-state index contributed by atoms with van der Waals surface area (Å²) in [5.41, 5.74) is 10.2. The van der Waals surface area contributed by atoms with E-state index >= 15 is 0 Å². The largest absolute Gasteiger partial charge is 0.348 e. The van der Waals surface area contributed by atoms with Gasteiger partial charge < -0.3 is 11.1 Å². The van der Waals surface area contributed by atoms with Crippen LogP contribution in [0.15, 0.2) is 67.1 Å². The monoisotopic (exact) mass is 332 g/mol. The lowest BCUT2D eigenvalue weighted by Crippen LogP contribution is -2.22. The molecule has 1 amide bonds. The van der Waals surface area contributed by atoms with Crippen molar-refractivity contribution in [3.05, 3.63) is 83.8 Å². The minimum absolute atomic E-state index is 0.00799. The van der Waals surface area contributed by atoms with Crippen molar-refractivity contribution in [2.24, 2.45) is 5.73 Å². The van der Waals surface area contributed by atoms with E-state index in [4.69, 9.17) is 5.73 Å². The number of nitrogens with zero attached hydrogens (tertiary/aromatic N) is 2. The molecule has 1 aromatic carbocycles. The summed E-state index contributed by atoms with van der Waals surface area (Å²) in [5, 5.41) is 2.90. The number of benzene rings is 1. The maximum atomic E-state index is 12.3. The lowest BCUT2D eigenvalue weighted by molar-refractivity contribution is 0.0950. The molecule has 5 nitrogen and oxygen atoms in total. The summed E-state index contributed by atoms with van der Waals surface area (Å²) in [6.07, 6.45) is 5.02. The number of aromatic nitrogens is 2. The van der Waals surface area contributed by atoms with Gasteiger partial charge in [0.05, 0.1) is 11.3 Å². The first-order valence-corrected chi connectivity index (χ1v) is 8.12. The molecule has 0 saturated heterocycles. The van der Waals surface area contributed by atoms with Gasteiger partial charge in [0.25, 0.3) is 5.91 Å². The summed E-state index contributed by atoms with van der Waals surface area (Å²) < 4.78 is 0. The SMILES string of the molecule is C[C@@H](N)c1ccc(CNC(=O)c2ccc(-c3ccncc3)nc2)cc1. The summed E-state index contributed by atoms with van der Waals surface area (Å²) in [5.74, 6) is -0.148. The average molecular weight is 332 g/mol. The molecule has 0 saturated carbocycles. The van der Waals surface area contributed by atoms with Crippen molar-refractivity contribution in [1.82, 2.24) is 15.3 Å². The van der Waals surface area contributed by atoms with Crippen LogP contribution in [0.25, 0.3) is 11.3 Å². The predicted molar refractivity (Wildman–Crippen MR) is 97.7 cm³/mol. The molecule has 5 heteroatoms. The summed E-state index contributed by atoms with van der Waals surface area (Å²) in [6, 6.07) is 15.3. The van der Waals surface area contributed by atoms with Gasteiger partial charge in [-0.3, -0.25) is 14.8 Å². The van der Waals surface area contributed by atoms with E-state index in [0.29, 0.717) is 12.1 Å². The zero-order valence-corrected chi connectivity index (χ0v) is 14.0. The van der Waals surface area contributed by atoms with Crippen molar-refractivity contribution in [2.45, 2.75) is 19.5 Å². The quantitative estimate of drug-likeness (QED) is 0.752. The number of amides is 1. The highest BCUT2D eigenvalue weighted by Gasteiger charge is 2.07. The van der Waals surface area contributed by atoms with Crippen LogP contribution in [0.2, 0.25) is 0 Å². The van der Waals surface area contributed by atoms with Crippen LogP contribution in [0, 0.1) is 0 Å². The van der Waals surface area contributed by atoms with Gasteiger partial charge >= 0.3 is 0 Å². The van der Waals surface area contributed by atoms with Crippen LogP contribution in [0.3, 0.4) is 0 Å². The van der Waals surface area contributed by atoms with Gasteiger partial charge in [-0.05, 0) is 42.3 Å². The van der Waals surface area contributed by atoms with Crippen LogP contribution in [0.4, 0.5) is 0 Å². The Kier molecular flexibility index (Phi) is 5.16. The first-order chi connectivity index (χ1) is 12.1. The van der Waals surface area contributed by atoms with Crippen molar-refractivity contribution in [3.8, 4) is 11.3 Å². The Morgan fingerprint density at radius 1 is 1.08 bits per heavy atom. The standard InChI is InChI=1S/C20H20N4O/c1-14(21)16-4-2-15(3-5-16)12-24-20(25)18-6-7-19(23-13-18)17-8-10-22-11-9-17/h2-11,13-14H,12,21H2,1H3,(H,24,25)/t14-/m1/s1. The van der Waals surface area contributed by atoms with Crippen molar-refractivity contribution in [2.75, 3.05) is 0 Å². The van der Waals surface area contributed by atoms with Crippen LogP contribution in [-0.2, 0) is 6.54 Å². The first kappa shape index (κ1) is 16.8. The van der Waals surface area contributed by atoms with Crippen LogP contribution >= 0.6 is 0 Å². The maximum absolute atomic E-state index is 12.3. The van der Waals surface area contributed by atoms with Crippen LogP contribution in [0.5, 0.6) is 0 Å². The number of hydrogen-bond donors (Lipinski definition) is 2. The number of carbonyl (C=O) groups is 1. The maximum Gasteiger partial charge on any atom is 0.253 e. The third kappa shape index (κ3) is 4.28. The molecule has 25 heavy (non-hydrogen) atoms. The Morgan fingerprint density at radius 3 is 2.40 bits per heavy atom. The molecule has 0 radical (unpaired) electrons. The smallest absolute Gasteiger partial charge is 0.253 e. The minimum Gasteiger partial charge on any atom is -0.348 e. The van der Waals surface area contributed by atoms with Gasteiger partial charge in [-0.2, -0.15) is 0 Å². The second-order valence-corrected chi connectivity index (χ2v) is 5.88. The van der Waals surface area contributed by atoms with Crippen molar-refractivity contribution < 1.29 is 4.79 Å². The minimum atomic E-state index is -0.148. The van der Waals surface area contributed by atoms with Gasteiger partial charge in [-0.25, -0.2) is 0 Å². The second-order valence-electron chi connectivity index (χ2n) is 5.88. The van der Waals surface area contributed by atoms with Gasteiger partial charge in [0.15, 0.2) is 0 Å². The molecule has 0 aliphatic heterocycles. The summed E-state index contributed by atoms with van der Waals surface area (Å²) in [6.45, 7) is 2.41. The number of carbonyl (C=O) groups excluding carboxylic acids is 1. The fourth-order valence-electron chi connectivity index (χ4n) is 2.45. The van der Waals surface area contributed by atoms with E-state index in [1.165, 1.54) is 0 Å². The van der Waals surface area contributed by atoms with E-state index in [1.54, 1.807) is 24.7 Å². The Hall–Kier alpha value is -3.05. The highest BCUT2D eigenvalue weighted by atomic mass is 16.1. The summed E-state index contributed by atoms with van der Waals surface area (Å²) >= 11 is 0. The molecule has 2 aromatic heterocycles.